The van der Waals surface area contributed by atoms with Crippen LogP contribution in [0.15, 0.2) is 0 Å². The summed E-state index contributed by atoms with van der Waals surface area (Å²) in [6.07, 6.45) is 2.16. The first-order chi connectivity index (χ1) is 5.89. The fraction of sp³-hybridized carbons (Fsp3) is 0.833. The maximum absolute atomic E-state index is 3.60. The zero-order valence-electron chi connectivity index (χ0n) is 9.91. The van der Waals surface area contributed by atoms with E-state index in [1.807, 2.05) is 6.92 Å². The van der Waals surface area contributed by atoms with Gasteiger partial charge in [-0.25, -0.2) is 0 Å². The smallest absolute Gasteiger partial charge is 0.0773 e. The SMILES string of the molecule is CC#CC(C)(CC)NC(C)(C)CC. The van der Waals surface area contributed by atoms with E-state index in [9.17, 15) is 0 Å². The van der Waals surface area contributed by atoms with Gasteiger partial charge in [-0.05, 0) is 40.5 Å². The van der Waals surface area contributed by atoms with Crippen molar-refractivity contribution >= 4 is 0 Å². The zero-order valence-corrected chi connectivity index (χ0v) is 9.91. The monoisotopic (exact) mass is 181 g/mol. The van der Waals surface area contributed by atoms with E-state index >= 15 is 0 Å². The third-order valence-electron chi connectivity index (χ3n) is 2.61. The fourth-order valence-electron chi connectivity index (χ4n) is 1.32. The second-order valence-corrected chi connectivity index (χ2v) is 4.42. The molecule has 0 aromatic heterocycles. The van der Waals surface area contributed by atoms with Crippen molar-refractivity contribution in [3.8, 4) is 11.8 Å². The predicted octanol–water partition coefficient (Wildman–Crippen LogP) is 2.96. The second kappa shape index (κ2) is 4.67. The molecule has 0 aromatic rings. The van der Waals surface area contributed by atoms with Crippen molar-refractivity contribution in [2.45, 2.75) is 65.5 Å². The van der Waals surface area contributed by atoms with Gasteiger partial charge < -0.3 is 0 Å². The van der Waals surface area contributed by atoms with Crippen LogP contribution in [0.5, 0.6) is 0 Å². The Morgan fingerprint density at radius 2 is 1.62 bits per heavy atom. The van der Waals surface area contributed by atoms with Crippen molar-refractivity contribution in [1.29, 1.82) is 0 Å². The minimum absolute atomic E-state index is 0.0335. The Morgan fingerprint density at radius 3 is 1.92 bits per heavy atom. The predicted molar refractivity (Wildman–Crippen MR) is 59.7 cm³/mol. The highest BCUT2D eigenvalue weighted by Gasteiger charge is 2.26. The van der Waals surface area contributed by atoms with Crippen LogP contribution in [-0.4, -0.2) is 11.1 Å². The van der Waals surface area contributed by atoms with E-state index in [4.69, 9.17) is 0 Å². The molecule has 1 heteroatoms. The Kier molecular flexibility index (Phi) is 4.50. The molecule has 0 amide bonds. The van der Waals surface area contributed by atoms with Gasteiger partial charge in [0.2, 0.25) is 0 Å². The maximum Gasteiger partial charge on any atom is 0.0773 e. The Labute approximate surface area is 83.3 Å². The fourth-order valence-corrected chi connectivity index (χ4v) is 1.32. The summed E-state index contributed by atoms with van der Waals surface area (Å²) in [5, 5.41) is 3.60. The van der Waals surface area contributed by atoms with Crippen molar-refractivity contribution < 1.29 is 0 Å². The highest BCUT2D eigenvalue weighted by atomic mass is 15.0. The molecule has 1 atom stereocenters. The summed E-state index contributed by atoms with van der Waals surface area (Å²) in [5.74, 6) is 6.23. The summed E-state index contributed by atoms with van der Waals surface area (Å²) in [4.78, 5) is 0. The van der Waals surface area contributed by atoms with Gasteiger partial charge in [-0.15, -0.1) is 5.92 Å². The van der Waals surface area contributed by atoms with Gasteiger partial charge in [0.05, 0.1) is 5.54 Å². The van der Waals surface area contributed by atoms with Crippen molar-refractivity contribution in [2.24, 2.45) is 0 Å². The molecule has 0 fully saturated rings. The van der Waals surface area contributed by atoms with Gasteiger partial charge in [-0.1, -0.05) is 19.8 Å². The lowest BCUT2D eigenvalue weighted by molar-refractivity contribution is 0.285. The third kappa shape index (κ3) is 4.33. The molecule has 0 radical (unpaired) electrons. The number of rotatable bonds is 4. The molecule has 0 aliphatic carbocycles. The van der Waals surface area contributed by atoms with Crippen LogP contribution >= 0.6 is 0 Å². The van der Waals surface area contributed by atoms with Crippen LogP contribution in [0.25, 0.3) is 0 Å². The average molecular weight is 181 g/mol. The lowest BCUT2D eigenvalue weighted by Gasteiger charge is -2.35. The molecular formula is C12H23N. The molecule has 0 saturated carbocycles. The Bertz CT molecular complexity index is 207. The molecule has 0 rings (SSSR count). The van der Waals surface area contributed by atoms with E-state index in [0.717, 1.165) is 12.8 Å². The van der Waals surface area contributed by atoms with E-state index in [1.54, 1.807) is 0 Å². The van der Waals surface area contributed by atoms with Crippen LogP contribution in [0.4, 0.5) is 0 Å². The summed E-state index contributed by atoms with van der Waals surface area (Å²) in [6.45, 7) is 12.9. The molecule has 0 saturated heterocycles. The molecule has 0 bridgehead atoms. The van der Waals surface area contributed by atoms with Gasteiger partial charge in [0.25, 0.3) is 0 Å². The van der Waals surface area contributed by atoms with Gasteiger partial charge in [-0.3, -0.25) is 5.32 Å². The van der Waals surface area contributed by atoms with Gasteiger partial charge in [0.15, 0.2) is 0 Å². The largest absolute Gasteiger partial charge is 0.296 e. The molecule has 0 aromatic carbocycles. The molecule has 1 N–H and O–H groups in total. The molecule has 1 nitrogen and oxygen atoms in total. The third-order valence-corrected chi connectivity index (χ3v) is 2.61. The first kappa shape index (κ1) is 12.5. The molecule has 13 heavy (non-hydrogen) atoms. The number of hydrogen-bond acceptors (Lipinski definition) is 1. The normalized spacial score (nSPS) is 15.8. The standard InChI is InChI=1S/C12H23N/c1-7-10-12(6,9-3)13-11(4,5)8-2/h13H,8-9H2,1-6H3. The molecule has 76 valence electrons. The quantitative estimate of drug-likeness (QED) is 0.657. The molecular weight excluding hydrogens is 158 g/mol. The highest BCUT2D eigenvalue weighted by molar-refractivity contribution is 5.15. The topological polar surface area (TPSA) is 12.0 Å². The highest BCUT2D eigenvalue weighted by Crippen LogP contribution is 2.16. The molecule has 0 heterocycles. The maximum atomic E-state index is 3.60. The lowest BCUT2D eigenvalue weighted by Crippen LogP contribution is -2.52. The summed E-state index contributed by atoms with van der Waals surface area (Å²) in [6, 6.07) is 0. The molecule has 1 unspecified atom stereocenters. The molecule has 0 aliphatic heterocycles. The Hall–Kier alpha value is -0.480. The average Bonchev–Trinajstić information content (AvgIpc) is 2.04. The molecule has 0 aliphatic rings. The number of nitrogens with one attached hydrogen (secondary N) is 1. The summed E-state index contributed by atoms with van der Waals surface area (Å²) in [7, 11) is 0. The van der Waals surface area contributed by atoms with Gasteiger partial charge in [0.1, 0.15) is 0 Å². The lowest BCUT2D eigenvalue weighted by atomic mass is 9.92. The van der Waals surface area contributed by atoms with E-state index in [1.165, 1.54) is 0 Å². The van der Waals surface area contributed by atoms with Crippen LogP contribution in [0.2, 0.25) is 0 Å². The van der Waals surface area contributed by atoms with E-state index in [-0.39, 0.29) is 11.1 Å². The second-order valence-electron chi connectivity index (χ2n) is 4.42. The Balaban J connectivity index is 4.50. The van der Waals surface area contributed by atoms with Crippen LogP contribution in [0.3, 0.4) is 0 Å². The number of hydrogen-bond donors (Lipinski definition) is 1. The van der Waals surface area contributed by atoms with E-state index < -0.39 is 0 Å². The van der Waals surface area contributed by atoms with Crippen molar-refractivity contribution in [1.82, 2.24) is 5.32 Å². The van der Waals surface area contributed by atoms with Crippen LogP contribution in [-0.2, 0) is 0 Å². The summed E-state index contributed by atoms with van der Waals surface area (Å²) < 4.78 is 0. The van der Waals surface area contributed by atoms with Crippen LogP contribution in [0.1, 0.15) is 54.4 Å². The van der Waals surface area contributed by atoms with Gasteiger partial charge in [0, 0.05) is 5.54 Å². The Morgan fingerprint density at radius 1 is 1.08 bits per heavy atom. The van der Waals surface area contributed by atoms with Crippen molar-refractivity contribution in [3.05, 3.63) is 0 Å². The summed E-state index contributed by atoms with van der Waals surface area (Å²) in [5.41, 5.74) is 0.142. The van der Waals surface area contributed by atoms with E-state index in [0.29, 0.717) is 0 Å². The van der Waals surface area contributed by atoms with Gasteiger partial charge >= 0.3 is 0 Å². The van der Waals surface area contributed by atoms with E-state index in [2.05, 4.69) is 51.8 Å². The minimum atomic E-state index is -0.0335. The molecule has 0 spiro atoms. The zero-order chi connectivity index (χ0) is 10.5. The van der Waals surface area contributed by atoms with Crippen LogP contribution < -0.4 is 5.32 Å². The summed E-state index contributed by atoms with van der Waals surface area (Å²) >= 11 is 0. The van der Waals surface area contributed by atoms with Crippen molar-refractivity contribution in [3.63, 3.8) is 0 Å². The minimum Gasteiger partial charge on any atom is -0.296 e. The van der Waals surface area contributed by atoms with Crippen LogP contribution in [0, 0.1) is 11.8 Å². The first-order valence-corrected chi connectivity index (χ1v) is 5.12. The first-order valence-electron chi connectivity index (χ1n) is 5.12. The van der Waals surface area contributed by atoms with Crippen molar-refractivity contribution in [2.75, 3.05) is 0 Å². The van der Waals surface area contributed by atoms with Gasteiger partial charge in [-0.2, -0.15) is 0 Å².